The third kappa shape index (κ3) is 2.00. The Hall–Kier alpha value is -1.23. The maximum atomic E-state index is 11.6. The number of carbonyl (C=O) groups is 1. The molecule has 2 rings (SSSR count). The number of hydrogen-bond donors (Lipinski definition) is 1. The van der Waals surface area contributed by atoms with E-state index in [1.54, 1.807) is 14.2 Å². The molecular weight excluding hydrogens is 312 g/mol. The Kier molecular flexibility index (Phi) is 3.76. The monoisotopic (exact) mass is 328 g/mol. The zero-order valence-corrected chi connectivity index (χ0v) is 12.8. The van der Waals surface area contributed by atoms with Gasteiger partial charge >= 0.3 is 5.97 Å². The van der Waals surface area contributed by atoms with Gasteiger partial charge in [-0.3, -0.25) is 4.79 Å². The number of methoxy groups -OCH3 is 2. The van der Waals surface area contributed by atoms with E-state index < -0.39 is 11.4 Å². The maximum absolute atomic E-state index is 11.6. The minimum Gasteiger partial charge on any atom is -0.496 e. The minimum atomic E-state index is -0.815. The molecular formula is C14H17BrO4. The molecule has 1 aliphatic rings. The SMILES string of the molecule is COc1c(Br)cc(C2(C(=O)O)CCC2)c(OC)c1C. The van der Waals surface area contributed by atoms with Crippen LogP contribution >= 0.6 is 15.9 Å². The van der Waals surface area contributed by atoms with Gasteiger partial charge in [-0.1, -0.05) is 6.42 Å². The first-order valence-electron chi connectivity index (χ1n) is 6.13. The Morgan fingerprint density at radius 1 is 1.32 bits per heavy atom. The molecule has 0 bridgehead atoms. The highest BCUT2D eigenvalue weighted by atomic mass is 79.9. The molecule has 0 atom stereocenters. The van der Waals surface area contributed by atoms with Crippen molar-refractivity contribution in [3.8, 4) is 11.5 Å². The largest absolute Gasteiger partial charge is 0.496 e. The van der Waals surface area contributed by atoms with Gasteiger partial charge in [0, 0.05) is 11.1 Å². The fraction of sp³-hybridized carbons (Fsp3) is 0.500. The molecule has 0 aromatic heterocycles. The van der Waals surface area contributed by atoms with Crippen LogP contribution in [0.2, 0.25) is 0 Å². The molecule has 1 saturated carbocycles. The average molecular weight is 329 g/mol. The van der Waals surface area contributed by atoms with Crippen LogP contribution in [-0.4, -0.2) is 25.3 Å². The van der Waals surface area contributed by atoms with Crippen molar-refractivity contribution in [2.45, 2.75) is 31.6 Å². The highest BCUT2D eigenvalue weighted by Gasteiger charge is 2.48. The molecule has 0 radical (unpaired) electrons. The fourth-order valence-electron chi connectivity index (χ4n) is 2.74. The van der Waals surface area contributed by atoms with Crippen molar-refractivity contribution >= 4 is 21.9 Å². The summed E-state index contributed by atoms with van der Waals surface area (Å²) in [5.74, 6) is 0.510. The number of aliphatic carboxylic acids is 1. The topological polar surface area (TPSA) is 55.8 Å². The van der Waals surface area contributed by atoms with E-state index in [0.717, 1.165) is 22.0 Å². The van der Waals surface area contributed by atoms with Crippen LogP contribution in [0.5, 0.6) is 11.5 Å². The zero-order valence-electron chi connectivity index (χ0n) is 11.2. The molecule has 0 aliphatic heterocycles. The molecule has 4 nitrogen and oxygen atoms in total. The smallest absolute Gasteiger partial charge is 0.314 e. The molecule has 1 aromatic carbocycles. The molecule has 0 heterocycles. The van der Waals surface area contributed by atoms with Gasteiger partial charge < -0.3 is 14.6 Å². The minimum absolute atomic E-state index is 0.613. The number of ether oxygens (including phenoxy) is 2. The first kappa shape index (κ1) is 14.2. The van der Waals surface area contributed by atoms with Crippen molar-refractivity contribution in [1.29, 1.82) is 0 Å². The van der Waals surface area contributed by atoms with Crippen molar-refractivity contribution in [3.63, 3.8) is 0 Å². The first-order valence-corrected chi connectivity index (χ1v) is 6.92. The standard InChI is InChI=1S/C14H17BrO4/c1-8-11(18-2)9(7-10(15)12(8)19-3)14(13(16)17)5-4-6-14/h7H,4-6H2,1-3H3,(H,16,17). The summed E-state index contributed by atoms with van der Waals surface area (Å²) >= 11 is 3.44. The van der Waals surface area contributed by atoms with E-state index in [-0.39, 0.29) is 0 Å². The lowest BCUT2D eigenvalue weighted by molar-refractivity contribution is -0.147. The van der Waals surface area contributed by atoms with Gasteiger partial charge in [0.1, 0.15) is 11.5 Å². The number of carboxylic acid groups (broad SMARTS) is 1. The summed E-state index contributed by atoms with van der Waals surface area (Å²) in [7, 11) is 3.15. The van der Waals surface area contributed by atoms with E-state index in [0.29, 0.717) is 24.3 Å². The molecule has 1 fully saturated rings. The second-order valence-electron chi connectivity index (χ2n) is 4.84. The van der Waals surface area contributed by atoms with Crippen LogP contribution in [0.4, 0.5) is 0 Å². The Morgan fingerprint density at radius 3 is 2.26 bits per heavy atom. The Balaban J connectivity index is 2.67. The zero-order chi connectivity index (χ0) is 14.2. The Bertz CT molecular complexity index is 521. The van der Waals surface area contributed by atoms with Crippen LogP contribution in [0.3, 0.4) is 0 Å². The second kappa shape index (κ2) is 5.04. The second-order valence-corrected chi connectivity index (χ2v) is 5.69. The van der Waals surface area contributed by atoms with Crippen molar-refractivity contribution in [2.75, 3.05) is 14.2 Å². The van der Waals surface area contributed by atoms with E-state index in [9.17, 15) is 9.90 Å². The van der Waals surface area contributed by atoms with Gasteiger partial charge in [0.25, 0.3) is 0 Å². The number of halogens is 1. The van der Waals surface area contributed by atoms with Crippen LogP contribution in [0.15, 0.2) is 10.5 Å². The van der Waals surface area contributed by atoms with Crippen LogP contribution in [0, 0.1) is 6.92 Å². The van der Waals surface area contributed by atoms with E-state index in [1.165, 1.54) is 0 Å². The molecule has 19 heavy (non-hydrogen) atoms. The fourth-order valence-corrected chi connectivity index (χ4v) is 3.43. The maximum Gasteiger partial charge on any atom is 0.314 e. The van der Waals surface area contributed by atoms with Crippen LogP contribution < -0.4 is 9.47 Å². The lowest BCUT2D eigenvalue weighted by Gasteiger charge is -2.39. The van der Waals surface area contributed by atoms with Gasteiger partial charge in [-0.2, -0.15) is 0 Å². The highest BCUT2D eigenvalue weighted by Crippen LogP contribution is 2.51. The normalized spacial score (nSPS) is 16.6. The van der Waals surface area contributed by atoms with Gasteiger partial charge in [0.15, 0.2) is 0 Å². The Labute approximate surface area is 120 Å². The lowest BCUT2D eigenvalue weighted by atomic mass is 9.64. The van der Waals surface area contributed by atoms with Crippen LogP contribution in [0.25, 0.3) is 0 Å². The lowest BCUT2D eigenvalue weighted by Crippen LogP contribution is -2.42. The van der Waals surface area contributed by atoms with Crippen molar-refractivity contribution in [2.24, 2.45) is 0 Å². The predicted molar refractivity (Wildman–Crippen MR) is 75.1 cm³/mol. The summed E-state index contributed by atoms with van der Waals surface area (Å²) in [6.07, 6.45) is 2.23. The molecule has 5 heteroatoms. The van der Waals surface area contributed by atoms with Crippen LogP contribution in [-0.2, 0) is 10.2 Å². The highest BCUT2D eigenvalue weighted by molar-refractivity contribution is 9.10. The number of carboxylic acids is 1. The van der Waals surface area contributed by atoms with Crippen molar-refractivity contribution < 1.29 is 19.4 Å². The average Bonchev–Trinajstić information content (AvgIpc) is 2.27. The van der Waals surface area contributed by atoms with Gasteiger partial charge in [-0.15, -0.1) is 0 Å². The van der Waals surface area contributed by atoms with Gasteiger partial charge in [0.2, 0.25) is 0 Å². The molecule has 1 aliphatic carbocycles. The third-order valence-electron chi connectivity index (χ3n) is 3.95. The van der Waals surface area contributed by atoms with E-state index >= 15 is 0 Å². The van der Waals surface area contributed by atoms with E-state index in [2.05, 4.69) is 15.9 Å². The van der Waals surface area contributed by atoms with E-state index in [1.807, 2.05) is 13.0 Å². The Morgan fingerprint density at radius 2 is 1.89 bits per heavy atom. The summed E-state index contributed by atoms with van der Waals surface area (Å²) in [6.45, 7) is 1.88. The molecule has 104 valence electrons. The number of benzene rings is 1. The quantitative estimate of drug-likeness (QED) is 0.921. The molecule has 0 amide bonds. The van der Waals surface area contributed by atoms with Crippen molar-refractivity contribution in [1.82, 2.24) is 0 Å². The molecule has 1 aromatic rings. The van der Waals surface area contributed by atoms with Crippen molar-refractivity contribution in [3.05, 3.63) is 21.7 Å². The van der Waals surface area contributed by atoms with Crippen LogP contribution in [0.1, 0.15) is 30.4 Å². The van der Waals surface area contributed by atoms with E-state index in [4.69, 9.17) is 9.47 Å². The molecule has 0 spiro atoms. The van der Waals surface area contributed by atoms with Gasteiger partial charge in [0.05, 0.1) is 24.1 Å². The summed E-state index contributed by atoms with van der Waals surface area (Å²) in [6, 6.07) is 1.82. The summed E-state index contributed by atoms with van der Waals surface area (Å²) < 4.78 is 11.5. The number of hydrogen-bond acceptors (Lipinski definition) is 3. The molecule has 0 unspecified atom stereocenters. The number of rotatable bonds is 4. The third-order valence-corrected chi connectivity index (χ3v) is 4.54. The molecule has 1 N–H and O–H groups in total. The first-order chi connectivity index (χ1) is 8.97. The summed E-state index contributed by atoms with van der Waals surface area (Å²) in [5.41, 5.74) is 0.742. The summed E-state index contributed by atoms with van der Waals surface area (Å²) in [5, 5.41) is 9.56. The molecule has 0 saturated heterocycles. The predicted octanol–water partition coefficient (Wildman–Crippen LogP) is 3.28. The van der Waals surface area contributed by atoms with Gasteiger partial charge in [-0.25, -0.2) is 0 Å². The summed E-state index contributed by atoms with van der Waals surface area (Å²) in [4.78, 5) is 11.6. The van der Waals surface area contributed by atoms with Gasteiger partial charge in [-0.05, 0) is 41.8 Å².